The van der Waals surface area contributed by atoms with E-state index >= 15 is 0 Å². The van der Waals surface area contributed by atoms with Crippen LogP contribution in [0.2, 0.25) is 0 Å². The van der Waals surface area contributed by atoms with Gasteiger partial charge in [0, 0.05) is 13.1 Å². The third kappa shape index (κ3) is 4.65. The van der Waals surface area contributed by atoms with Crippen LogP contribution in [0.25, 0.3) is 10.8 Å². The van der Waals surface area contributed by atoms with Gasteiger partial charge in [-0.3, -0.25) is 0 Å². The quantitative estimate of drug-likeness (QED) is 0.535. The number of esters is 1. The largest absolute Gasteiger partial charge is 0.457 e. The Morgan fingerprint density at radius 1 is 0.935 bits per heavy atom. The smallest absolute Gasteiger partial charge is 0.338 e. The second-order valence-corrected chi connectivity index (χ2v) is 10.4. The summed E-state index contributed by atoms with van der Waals surface area (Å²) in [7, 11) is -3.57. The summed E-state index contributed by atoms with van der Waals surface area (Å²) in [6.07, 6.45) is 1.04. The highest BCUT2D eigenvalue weighted by Crippen LogP contribution is 2.27. The van der Waals surface area contributed by atoms with Gasteiger partial charge < -0.3 is 4.74 Å². The average molecular weight is 438 g/mol. The normalized spacial score (nSPS) is 19.9. The van der Waals surface area contributed by atoms with Gasteiger partial charge in [-0.25, -0.2) is 13.2 Å². The number of carbonyl (C=O) groups excluding carboxylic acids is 1. The number of hydrogen-bond donors (Lipinski definition) is 0. The number of piperidine rings is 1. The van der Waals surface area contributed by atoms with Gasteiger partial charge in [0.15, 0.2) is 0 Å². The van der Waals surface area contributed by atoms with Gasteiger partial charge in [0.05, 0.1) is 10.5 Å². The molecule has 1 aliphatic rings. The van der Waals surface area contributed by atoms with Crippen molar-refractivity contribution in [2.45, 2.75) is 31.8 Å². The summed E-state index contributed by atoms with van der Waals surface area (Å²) in [6, 6.07) is 19.9. The van der Waals surface area contributed by atoms with E-state index in [0.717, 1.165) is 22.8 Å². The van der Waals surface area contributed by atoms with Gasteiger partial charge in [0.25, 0.3) is 0 Å². The highest BCUT2D eigenvalue weighted by Gasteiger charge is 2.31. The molecular formula is C25H27NO4S. The SMILES string of the molecule is CC1CC(C)CN(S(=O)(=O)c2ccc(C(=O)OCc3cccc4ccccc34)cc2)C1. The Morgan fingerprint density at radius 2 is 1.58 bits per heavy atom. The Balaban J connectivity index is 1.45. The zero-order valence-electron chi connectivity index (χ0n) is 17.8. The predicted molar refractivity (Wildman–Crippen MR) is 121 cm³/mol. The summed E-state index contributed by atoms with van der Waals surface area (Å²) in [6.45, 7) is 5.37. The van der Waals surface area contributed by atoms with E-state index in [2.05, 4.69) is 13.8 Å². The molecule has 1 aliphatic heterocycles. The predicted octanol–water partition coefficient (Wildman–Crippen LogP) is 4.86. The molecule has 1 saturated heterocycles. The van der Waals surface area contributed by atoms with Crippen LogP contribution in [0.3, 0.4) is 0 Å². The van der Waals surface area contributed by atoms with Crippen LogP contribution in [0.1, 0.15) is 36.2 Å². The van der Waals surface area contributed by atoms with Crippen molar-refractivity contribution >= 4 is 26.8 Å². The monoisotopic (exact) mass is 437 g/mol. The minimum atomic E-state index is -3.57. The fraction of sp³-hybridized carbons (Fsp3) is 0.320. The van der Waals surface area contributed by atoms with Crippen LogP contribution in [-0.2, 0) is 21.4 Å². The van der Waals surface area contributed by atoms with Crippen LogP contribution in [0, 0.1) is 11.8 Å². The zero-order chi connectivity index (χ0) is 22.0. The van der Waals surface area contributed by atoms with E-state index in [-0.39, 0.29) is 11.5 Å². The number of fused-ring (bicyclic) bond motifs is 1. The fourth-order valence-electron chi connectivity index (χ4n) is 4.36. The number of rotatable bonds is 5. The van der Waals surface area contributed by atoms with Crippen molar-refractivity contribution in [2.24, 2.45) is 11.8 Å². The lowest BCUT2D eigenvalue weighted by molar-refractivity contribution is 0.0474. The van der Waals surface area contributed by atoms with E-state index in [9.17, 15) is 13.2 Å². The molecule has 31 heavy (non-hydrogen) atoms. The molecule has 4 rings (SSSR count). The number of carbonyl (C=O) groups is 1. The van der Waals surface area contributed by atoms with Gasteiger partial charge in [-0.05, 0) is 58.9 Å². The summed E-state index contributed by atoms with van der Waals surface area (Å²) in [5.41, 5.74) is 1.26. The maximum Gasteiger partial charge on any atom is 0.338 e. The third-order valence-electron chi connectivity index (χ3n) is 5.80. The second-order valence-electron chi connectivity index (χ2n) is 8.51. The average Bonchev–Trinajstić information content (AvgIpc) is 2.77. The molecule has 0 bridgehead atoms. The lowest BCUT2D eigenvalue weighted by Crippen LogP contribution is -2.42. The standard InChI is InChI=1S/C25H27NO4S/c1-18-14-19(2)16-26(15-18)31(28,29)23-12-10-21(11-13-23)25(27)30-17-22-8-5-7-20-6-3-4-9-24(20)22/h3-13,18-19H,14-17H2,1-2H3. The van der Waals surface area contributed by atoms with E-state index < -0.39 is 16.0 Å². The molecule has 6 heteroatoms. The lowest BCUT2D eigenvalue weighted by atomic mass is 9.94. The van der Waals surface area contributed by atoms with Crippen molar-refractivity contribution in [3.8, 4) is 0 Å². The molecule has 3 aromatic carbocycles. The molecule has 0 spiro atoms. The Labute approximate surface area is 183 Å². The highest BCUT2D eigenvalue weighted by atomic mass is 32.2. The molecule has 0 aromatic heterocycles. The molecule has 0 N–H and O–H groups in total. The van der Waals surface area contributed by atoms with Crippen LogP contribution >= 0.6 is 0 Å². The van der Waals surface area contributed by atoms with Crippen LogP contribution in [0.5, 0.6) is 0 Å². The molecule has 2 unspecified atom stereocenters. The van der Waals surface area contributed by atoms with Gasteiger partial charge in [-0.2, -0.15) is 4.31 Å². The first kappa shape index (κ1) is 21.5. The molecule has 3 aromatic rings. The topological polar surface area (TPSA) is 63.7 Å². The summed E-state index contributed by atoms with van der Waals surface area (Å²) >= 11 is 0. The van der Waals surface area contributed by atoms with E-state index in [4.69, 9.17) is 4.74 Å². The van der Waals surface area contributed by atoms with Gasteiger partial charge in [0.2, 0.25) is 10.0 Å². The van der Waals surface area contributed by atoms with Gasteiger partial charge >= 0.3 is 5.97 Å². The van der Waals surface area contributed by atoms with Crippen LogP contribution < -0.4 is 0 Å². The first-order valence-corrected chi connectivity index (χ1v) is 12.0. The number of benzene rings is 3. The number of hydrogen-bond acceptors (Lipinski definition) is 4. The van der Waals surface area contributed by atoms with E-state index in [0.29, 0.717) is 30.5 Å². The molecule has 162 valence electrons. The Hall–Kier alpha value is -2.70. The molecular weight excluding hydrogens is 410 g/mol. The Morgan fingerprint density at radius 3 is 2.29 bits per heavy atom. The zero-order valence-corrected chi connectivity index (χ0v) is 18.6. The molecule has 1 heterocycles. The second kappa shape index (κ2) is 8.81. The number of ether oxygens (including phenoxy) is 1. The number of nitrogens with zero attached hydrogens (tertiary/aromatic N) is 1. The van der Waals surface area contributed by atoms with Crippen LogP contribution in [0.4, 0.5) is 0 Å². The minimum Gasteiger partial charge on any atom is -0.457 e. The summed E-state index contributed by atoms with van der Waals surface area (Å²) in [5.74, 6) is 0.195. The van der Waals surface area contributed by atoms with E-state index in [1.807, 2.05) is 42.5 Å². The van der Waals surface area contributed by atoms with Crippen molar-refractivity contribution in [3.63, 3.8) is 0 Å². The molecule has 1 fully saturated rings. The van der Waals surface area contributed by atoms with Gasteiger partial charge in [-0.15, -0.1) is 0 Å². The fourth-order valence-corrected chi connectivity index (χ4v) is 6.04. The highest BCUT2D eigenvalue weighted by molar-refractivity contribution is 7.89. The maximum absolute atomic E-state index is 13.0. The molecule has 0 radical (unpaired) electrons. The molecule has 0 aliphatic carbocycles. The van der Waals surface area contributed by atoms with Crippen molar-refractivity contribution in [1.29, 1.82) is 0 Å². The summed E-state index contributed by atoms with van der Waals surface area (Å²) in [5, 5.41) is 2.14. The van der Waals surface area contributed by atoms with Crippen molar-refractivity contribution in [1.82, 2.24) is 4.31 Å². The Kier molecular flexibility index (Phi) is 6.12. The van der Waals surface area contributed by atoms with Gasteiger partial charge in [0.1, 0.15) is 6.61 Å². The van der Waals surface area contributed by atoms with Crippen molar-refractivity contribution < 1.29 is 17.9 Å². The first-order valence-electron chi connectivity index (χ1n) is 10.6. The molecule has 2 atom stereocenters. The van der Waals surface area contributed by atoms with Gasteiger partial charge in [-0.1, -0.05) is 56.3 Å². The first-order chi connectivity index (χ1) is 14.8. The maximum atomic E-state index is 13.0. The van der Waals surface area contributed by atoms with Crippen molar-refractivity contribution in [3.05, 3.63) is 77.9 Å². The number of sulfonamides is 1. The Bertz CT molecular complexity index is 1170. The molecule has 5 nitrogen and oxygen atoms in total. The molecule has 0 amide bonds. The van der Waals surface area contributed by atoms with Crippen LogP contribution in [-0.4, -0.2) is 31.8 Å². The lowest BCUT2D eigenvalue weighted by Gasteiger charge is -2.34. The van der Waals surface area contributed by atoms with Crippen LogP contribution in [0.15, 0.2) is 71.6 Å². The minimum absolute atomic E-state index is 0.157. The summed E-state index contributed by atoms with van der Waals surface area (Å²) < 4.78 is 33.1. The third-order valence-corrected chi connectivity index (χ3v) is 7.65. The van der Waals surface area contributed by atoms with Crippen molar-refractivity contribution in [2.75, 3.05) is 13.1 Å². The summed E-state index contributed by atoms with van der Waals surface area (Å²) in [4.78, 5) is 12.7. The van der Waals surface area contributed by atoms with E-state index in [1.165, 1.54) is 24.3 Å². The molecule has 0 saturated carbocycles. The van der Waals surface area contributed by atoms with E-state index in [1.54, 1.807) is 4.31 Å².